The minimum atomic E-state index is 0.772. The van der Waals surface area contributed by atoms with E-state index in [0.717, 1.165) is 19.0 Å². The van der Waals surface area contributed by atoms with Crippen LogP contribution in [0.3, 0.4) is 0 Å². The molecule has 0 amide bonds. The molecule has 1 heterocycles. The fourth-order valence-corrected chi connectivity index (χ4v) is 0.300. The highest BCUT2D eigenvalue weighted by atomic mass is 16.6. The van der Waals surface area contributed by atoms with Gasteiger partial charge in [0.15, 0.2) is 6.61 Å². The molecule has 0 atom stereocenters. The van der Waals surface area contributed by atoms with Crippen LogP contribution in [0, 0.1) is 0 Å². The minimum absolute atomic E-state index is 0.772. The summed E-state index contributed by atoms with van der Waals surface area (Å²) in [6, 6.07) is 0. The summed E-state index contributed by atoms with van der Waals surface area (Å²) >= 11 is 0. The van der Waals surface area contributed by atoms with Gasteiger partial charge in [0, 0.05) is 6.54 Å². The normalized spacial score (nSPS) is 23.8. The van der Waals surface area contributed by atoms with Crippen molar-refractivity contribution in [3.05, 3.63) is 0 Å². The average molecular weight is 85.1 g/mol. The van der Waals surface area contributed by atoms with E-state index in [4.69, 9.17) is 4.74 Å². The first-order valence-electron chi connectivity index (χ1n) is 2.09. The Morgan fingerprint density at radius 2 is 2.67 bits per heavy atom. The molecule has 0 saturated carbocycles. The van der Waals surface area contributed by atoms with E-state index in [9.17, 15) is 0 Å². The molecule has 1 fully saturated rings. The lowest BCUT2D eigenvalue weighted by atomic mass is 10.8. The summed E-state index contributed by atoms with van der Waals surface area (Å²) in [5.41, 5.74) is 0. The fraction of sp³-hybridized carbons (Fsp3) is 0.750. The highest BCUT2D eigenvalue weighted by Crippen LogP contribution is 1.97. The van der Waals surface area contributed by atoms with E-state index < -0.39 is 0 Å². The van der Waals surface area contributed by atoms with Gasteiger partial charge >= 0.3 is 0 Å². The van der Waals surface area contributed by atoms with E-state index >= 15 is 0 Å². The molecule has 0 N–H and O–H groups in total. The lowest BCUT2D eigenvalue weighted by Crippen LogP contribution is -1.69. The second-order valence-electron chi connectivity index (χ2n) is 1.16. The van der Waals surface area contributed by atoms with Crippen LogP contribution in [-0.4, -0.2) is 19.0 Å². The van der Waals surface area contributed by atoms with Gasteiger partial charge in [-0.15, -0.1) is 0 Å². The van der Waals surface area contributed by atoms with Gasteiger partial charge in [-0.2, -0.15) is 0 Å². The maximum atomic E-state index is 4.70. The summed E-state index contributed by atoms with van der Waals surface area (Å²) in [5.74, 6) is 0.914. The van der Waals surface area contributed by atoms with Crippen molar-refractivity contribution in [1.29, 1.82) is 0 Å². The van der Waals surface area contributed by atoms with Crippen molar-refractivity contribution < 1.29 is 4.74 Å². The Labute approximate surface area is 36.8 Å². The number of rotatable bonds is 1. The number of hydrogen-bond donors (Lipinski definition) is 0. The predicted octanol–water partition coefficient (Wildman–Crippen LogP) is 0.435. The quantitative estimate of drug-likeness (QED) is 0.424. The first kappa shape index (κ1) is 3.65. The zero-order valence-electron chi connectivity index (χ0n) is 3.77. The smallest absolute Gasteiger partial charge is 0.223 e. The van der Waals surface area contributed by atoms with Crippen LogP contribution in [0.4, 0.5) is 0 Å². The minimum Gasteiger partial charge on any atom is -0.469 e. The average Bonchev–Trinajstić information content (AvgIpc) is 2.21. The van der Waals surface area contributed by atoms with Crippen LogP contribution >= 0.6 is 0 Å². The summed E-state index contributed by atoms with van der Waals surface area (Å²) in [6.07, 6.45) is 0. The number of hydrogen-bond acceptors (Lipinski definition) is 2. The zero-order chi connectivity index (χ0) is 4.41. The third-order valence-electron chi connectivity index (χ3n) is 0.608. The van der Waals surface area contributed by atoms with Crippen molar-refractivity contribution in [2.24, 2.45) is 4.99 Å². The number of epoxide rings is 1. The van der Waals surface area contributed by atoms with Gasteiger partial charge in [0.05, 0.1) is 0 Å². The SMILES string of the molecule is CCN=C1CO1. The molecule has 0 unspecified atom stereocenters. The standard InChI is InChI=1S/C4H7NO/c1-2-5-4-3-6-4/h2-3H2,1H3. The van der Waals surface area contributed by atoms with Crippen LogP contribution in [0.1, 0.15) is 6.92 Å². The molecule has 0 radical (unpaired) electrons. The molecule has 1 aliphatic heterocycles. The van der Waals surface area contributed by atoms with E-state index in [1.54, 1.807) is 0 Å². The third kappa shape index (κ3) is 0.708. The van der Waals surface area contributed by atoms with Crippen LogP contribution in [0.25, 0.3) is 0 Å². The van der Waals surface area contributed by atoms with Crippen molar-refractivity contribution in [1.82, 2.24) is 0 Å². The van der Waals surface area contributed by atoms with Gasteiger partial charge in [0.25, 0.3) is 0 Å². The molecule has 1 rings (SSSR count). The third-order valence-corrected chi connectivity index (χ3v) is 0.608. The molecule has 0 bridgehead atoms. The van der Waals surface area contributed by atoms with Gasteiger partial charge < -0.3 is 4.74 Å². The predicted molar refractivity (Wildman–Crippen MR) is 23.9 cm³/mol. The molecule has 1 saturated heterocycles. The highest BCUT2D eigenvalue weighted by molar-refractivity contribution is 5.88. The van der Waals surface area contributed by atoms with Gasteiger partial charge in [0.2, 0.25) is 5.90 Å². The van der Waals surface area contributed by atoms with Gasteiger partial charge in [-0.1, -0.05) is 0 Å². The summed E-state index contributed by atoms with van der Waals surface area (Å²) in [4.78, 5) is 3.93. The molecular formula is C4H7NO. The summed E-state index contributed by atoms with van der Waals surface area (Å²) in [7, 11) is 0. The van der Waals surface area contributed by atoms with Crippen LogP contribution in [0.15, 0.2) is 4.99 Å². The zero-order valence-corrected chi connectivity index (χ0v) is 3.77. The Hall–Kier alpha value is -0.530. The lowest BCUT2D eigenvalue weighted by molar-refractivity contribution is 0.549. The number of aliphatic imine (C=N–C) groups is 1. The molecule has 0 spiro atoms. The molecule has 0 aromatic heterocycles. The van der Waals surface area contributed by atoms with Crippen molar-refractivity contribution in [3.63, 3.8) is 0 Å². The van der Waals surface area contributed by atoms with Gasteiger partial charge in [-0.05, 0) is 6.92 Å². The first-order chi connectivity index (χ1) is 2.93. The molecule has 6 heavy (non-hydrogen) atoms. The molecule has 34 valence electrons. The molecule has 0 aliphatic carbocycles. The largest absolute Gasteiger partial charge is 0.469 e. The van der Waals surface area contributed by atoms with Gasteiger partial charge in [-0.3, -0.25) is 4.99 Å². The lowest BCUT2D eigenvalue weighted by Gasteiger charge is -1.66. The Kier molecular flexibility index (Phi) is 0.783. The Balaban J connectivity index is 2.24. The van der Waals surface area contributed by atoms with Gasteiger partial charge in [-0.25, -0.2) is 0 Å². The molecule has 0 aromatic carbocycles. The maximum absolute atomic E-state index is 4.70. The van der Waals surface area contributed by atoms with Crippen LogP contribution in [0.2, 0.25) is 0 Å². The summed E-state index contributed by atoms with van der Waals surface area (Å²) in [6.45, 7) is 3.62. The van der Waals surface area contributed by atoms with E-state index in [0.29, 0.717) is 0 Å². The maximum Gasteiger partial charge on any atom is 0.223 e. The van der Waals surface area contributed by atoms with E-state index in [1.807, 2.05) is 6.92 Å². The van der Waals surface area contributed by atoms with Crippen molar-refractivity contribution >= 4 is 5.90 Å². The molecule has 1 aliphatic rings. The second kappa shape index (κ2) is 1.29. The Bertz CT molecular complexity index is 71.6. The van der Waals surface area contributed by atoms with E-state index in [-0.39, 0.29) is 0 Å². The molecule has 2 heteroatoms. The monoisotopic (exact) mass is 85.1 g/mol. The van der Waals surface area contributed by atoms with E-state index in [2.05, 4.69) is 4.99 Å². The summed E-state index contributed by atoms with van der Waals surface area (Å²) < 4.78 is 4.70. The van der Waals surface area contributed by atoms with Crippen LogP contribution < -0.4 is 0 Å². The van der Waals surface area contributed by atoms with Crippen molar-refractivity contribution in [3.8, 4) is 0 Å². The number of nitrogens with zero attached hydrogens (tertiary/aromatic N) is 1. The molecular weight excluding hydrogens is 78.0 g/mol. The topological polar surface area (TPSA) is 24.9 Å². The van der Waals surface area contributed by atoms with E-state index in [1.165, 1.54) is 0 Å². The highest BCUT2D eigenvalue weighted by Gasteiger charge is 2.12. The first-order valence-corrected chi connectivity index (χ1v) is 2.09. The second-order valence-corrected chi connectivity index (χ2v) is 1.16. The van der Waals surface area contributed by atoms with Crippen molar-refractivity contribution in [2.75, 3.05) is 13.2 Å². The summed E-state index contributed by atoms with van der Waals surface area (Å²) in [5, 5.41) is 0. The Morgan fingerprint density at radius 3 is 2.83 bits per heavy atom. The molecule has 0 aromatic rings. The fourth-order valence-electron chi connectivity index (χ4n) is 0.300. The van der Waals surface area contributed by atoms with Crippen LogP contribution in [0.5, 0.6) is 0 Å². The van der Waals surface area contributed by atoms with Crippen molar-refractivity contribution in [2.45, 2.75) is 6.92 Å². The van der Waals surface area contributed by atoms with Crippen LogP contribution in [-0.2, 0) is 4.74 Å². The Morgan fingerprint density at radius 1 is 2.00 bits per heavy atom. The number of ether oxygens (including phenoxy) is 1. The molecule has 2 nitrogen and oxygen atoms in total. The van der Waals surface area contributed by atoms with Gasteiger partial charge in [0.1, 0.15) is 0 Å².